The Hall–Kier alpha value is -1.49. The summed E-state index contributed by atoms with van der Waals surface area (Å²) in [6.07, 6.45) is 0. The minimum absolute atomic E-state index is 0.141. The third kappa shape index (κ3) is 2.44. The molecule has 1 fully saturated rings. The second-order valence-corrected chi connectivity index (χ2v) is 4.20. The molecule has 3 nitrogen and oxygen atoms in total. The Morgan fingerprint density at radius 2 is 2.06 bits per heavy atom. The van der Waals surface area contributed by atoms with Crippen LogP contribution in [0.1, 0.15) is 17.3 Å². The van der Waals surface area contributed by atoms with E-state index < -0.39 is 23.1 Å². The summed E-state index contributed by atoms with van der Waals surface area (Å²) in [4.78, 5) is 13.5. The fourth-order valence-electron chi connectivity index (χ4n) is 1.98. The van der Waals surface area contributed by atoms with Gasteiger partial charge in [-0.3, -0.25) is 4.79 Å². The summed E-state index contributed by atoms with van der Waals surface area (Å²) < 4.78 is 26.9. The molecule has 1 aromatic carbocycles. The van der Waals surface area contributed by atoms with Crippen LogP contribution in [0, 0.1) is 11.6 Å². The van der Waals surface area contributed by atoms with Gasteiger partial charge >= 0.3 is 0 Å². The van der Waals surface area contributed by atoms with Crippen LogP contribution in [0.25, 0.3) is 0 Å². The van der Waals surface area contributed by atoms with Crippen molar-refractivity contribution in [1.29, 1.82) is 0 Å². The highest BCUT2D eigenvalue weighted by Crippen LogP contribution is 2.15. The molecule has 1 saturated heterocycles. The van der Waals surface area contributed by atoms with E-state index in [2.05, 4.69) is 5.32 Å². The maximum atomic E-state index is 13.4. The van der Waals surface area contributed by atoms with Gasteiger partial charge in [-0.1, -0.05) is 6.07 Å². The highest BCUT2D eigenvalue weighted by molar-refractivity contribution is 5.94. The predicted molar refractivity (Wildman–Crippen MR) is 59.7 cm³/mol. The van der Waals surface area contributed by atoms with E-state index in [9.17, 15) is 13.6 Å². The van der Waals surface area contributed by atoms with Gasteiger partial charge in [-0.15, -0.1) is 0 Å². The van der Waals surface area contributed by atoms with Crippen LogP contribution < -0.4 is 5.32 Å². The van der Waals surface area contributed by atoms with E-state index in [0.717, 1.165) is 12.1 Å². The zero-order valence-electron chi connectivity index (χ0n) is 9.54. The lowest BCUT2D eigenvalue weighted by atomic mass is 10.1. The molecule has 0 bridgehead atoms. The number of amides is 1. The van der Waals surface area contributed by atoms with Crippen LogP contribution in [0.2, 0.25) is 0 Å². The average Bonchev–Trinajstić information content (AvgIpc) is 2.28. The number of carbonyl (C=O) groups excluding carboxylic acids is 1. The first kappa shape index (κ1) is 12.0. The minimum Gasteiger partial charge on any atom is -0.336 e. The summed E-state index contributed by atoms with van der Waals surface area (Å²) >= 11 is 0. The van der Waals surface area contributed by atoms with Gasteiger partial charge in [0.15, 0.2) is 0 Å². The Balaban J connectivity index is 2.24. The molecule has 1 aliphatic rings. The normalized spacial score (nSPS) is 20.4. The van der Waals surface area contributed by atoms with Crippen molar-refractivity contribution in [1.82, 2.24) is 10.2 Å². The van der Waals surface area contributed by atoms with Gasteiger partial charge in [-0.2, -0.15) is 0 Å². The Labute approximate surface area is 98.4 Å². The standard InChI is InChI=1S/C12H14F2N2O/c1-8-7-16(6-5-15-8)12(17)11-9(13)3-2-4-10(11)14/h2-4,8,15H,5-7H2,1H3. The molecule has 0 aromatic heterocycles. The van der Waals surface area contributed by atoms with Gasteiger partial charge in [0.1, 0.15) is 17.2 Å². The van der Waals surface area contributed by atoms with Gasteiger partial charge in [0.25, 0.3) is 5.91 Å². The third-order valence-corrected chi connectivity index (χ3v) is 2.83. The lowest BCUT2D eigenvalue weighted by Gasteiger charge is -2.32. The summed E-state index contributed by atoms with van der Waals surface area (Å²) in [6.45, 7) is 3.50. The van der Waals surface area contributed by atoms with Crippen LogP contribution in [0.4, 0.5) is 8.78 Å². The quantitative estimate of drug-likeness (QED) is 0.804. The molecule has 0 saturated carbocycles. The van der Waals surface area contributed by atoms with Gasteiger partial charge in [0, 0.05) is 25.7 Å². The highest BCUT2D eigenvalue weighted by atomic mass is 19.1. The van der Waals surface area contributed by atoms with Crippen molar-refractivity contribution in [2.24, 2.45) is 0 Å². The summed E-state index contributed by atoms with van der Waals surface area (Å²) in [5.74, 6) is -2.18. The summed E-state index contributed by atoms with van der Waals surface area (Å²) in [7, 11) is 0. The fraction of sp³-hybridized carbons (Fsp3) is 0.417. The number of hydrogen-bond donors (Lipinski definition) is 1. The van der Waals surface area contributed by atoms with Gasteiger partial charge in [-0.25, -0.2) is 8.78 Å². The van der Waals surface area contributed by atoms with Gasteiger partial charge in [-0.05, 0) is 19.1 Å². The monoisotopic (exact) mass is 240 g/mol. The molecule has 0 radical (unpaired) electrons. The van der Waals surface area contributed by atoms with Crippen LogP contribution in [-0.4, -0.2) is 36.5 Å². The average molecular weight is 240 g/mol. The number of benzene rings is 1. The number of hydrogen-bond acceptors (Lipinski definition) is 2. The Morgan fingerprint density at radius 1 is 1.41 bits per heavy atom. The number of nitrogens with one attached hydrogen (secondary N) is 1. The first-order valence-electron chi connectivity index (χ1n) is 5.56. The van der Waals surface area contributed by atoms with Crippen molar-refractivity contribution in [3.8, 4) is 0 Å². The van der Waals surface area contributed by atoms with Crippen molar-refractivity contribution in [2.75, 3.05) is 19.6 Å². The molecule has 1 N–H and O–H groups in total. The van der Waals surface area contributed by atoms with E-state index in [4.69, 9.17) is 0 Å². The predicted octanol–water partition coefficient (Wildman–Crippen LogP) is 1.40. The van der Waals surface area contributed by atoms with E-state index >= 15 is 0 Å². The first-order valence-corrected chi connectivity index (χ1v) is 5.56. The molecular weight excluding hydrogens is 226 g/mol. The highest BCUT2D eigenvalue weighted by Gasteiger charge is 2.26. The van der Waals surface area contributed by atoms with E-state index in [1.165, 1.54) is 11.0 Å². The van der Waals surface area contributed by atoms with Gasteiger partial charge in [0.2, 0.25) is 0 Å². The number of piperazine rings is 1. The Kier molecular flexibility index (Phi) is 3.38. The maximum Gasteiger partial charge on any atom is 0.259 e. The van der Waals surface area contributed by atoms with Crippen LogP contribution in [0.15, 0.2) is 18.2 Å². The number of rotatable bonds is 1. The topological polar surface area (TPSA) is 32.3 Å². The van der Waals surface area contributed by atoms with Crippen LogP contribution in [0.3, 0.4) is 0 Å². The number of halogens is 2. The largest absolute Gasteiger partial charge is 0.336 e. The summed E-state index contributed by atoms with van der Waals surface area (Å²) in [6, 6.07) is 3.59. The maximum absolute atomic E-state index is 13.4. The molecule has 1 atom stereocenters. The zero-order chi connectivity index (χ0) is 12.4. The molecule has 1 unspecified atom stereocenters. The molecule has 5 heteroatoms. The molecule has 1 aromatic rings. The second kappa shape index (κ2) is 4.79. The van der Waals surface area contributed by atoms with E-state index in [1.54, 1.807) is 0 Å². The molecule has 17 heavy (non-hydrogen) atoms. The molecule has 1 amide bonds. The lowest BCUT2D eigenvalue weighted by molar-refractivity contribution is 0.0699. The minimum atomic E-state index is -0.804. The Morgan fingerprint density at radius 3 is 2.65 bits per heavy atom. The van der Waals surface area contributed by atoms with Crippen LogP contribution >= 0.6 is 0 Å². The van der Waals surface area contributed by atoms with Crippen molar-refractivity contribution in [3.05, 3.63) is 35.4 Å². The van der Waals surface area contributed by atoms with E-state index in [1.807, 2.05) is 6.92 Å². The summed E-state index contributed by atoms with van der Waals surface area (Å²) in [5.41, 5.74) is -0.457. The molecule has 1 aliphatic heterocycles. The van der Waals surface area contributed by atoms with Crippen molar-refractivity contribution < 1.29 is 13.6 Å². The van der Waals surface area contributed by atoms with Crippen molar-refractivity contribution in [2.45, 2.75) is 13.0 Å². The molecule has 1 heterocycles. The molecule has 92 valence electrons. The van der Waals surface area contributed by atoms with Crippen LogP contribution in [0.5, 0.6) is 0 Å². The number of carbonyl (C=O) groups is 1. The lowest BCUT2D eigenvalue weighted by Crippen LogP contribution is -2.51. The number of nitrogens with zero attached hydrogens (tertiary/aromatic N) is 1. The fourth-order valence-corrected chi connectivity index (χ4v) is 1.98. The van der Waals surface area contributed by atoms with E-state index in [-0.39, 0.29) is 6.04 Å². The smallest absolute Gasteiger partial charge is 0.259 e. The molecule has 2 rings (SSSR count). The van der Waals surface area contributed by atoms with Crippen molar-refractivity contribution in [3.63, 3.8) is 0 Å². The van der Waals surface area contributed by atoms with E-state index in [0.29, 0.717) is 19.6 Å². The van der Waals surface area contributed by atoms with Gasteiger partial charge in [0.05, 0.1) is 0 Å². The SMILES string of the molecule is CC1CN(C(=O)c2c(F)cccc2F)CCN1. The third-order valence-electron chi connectivity index (χ3n) is 2.83. The molecule has 0 spiro atoms. The molecule has 0 aliphatic carbocycles. The first-order chi connectivity index (χ1) is 8.09. The zero-order valence-corrected chi connectivity index (χ0v) is 9.54. The Bertz CT molecular complexity index is 416. The molecular formula is C12H14F2N2O. The second-order valence-electron chi connectivity index (χ2n) is 4.20. The van der Waals surface area contributed by atoms with Gasteiger partial charge < -0.3 is 10.2 Å². The van der Waals surface area contributed by atoms with Crippen molar-refractivity contribution >= 4 is 5.91 Å². The summed E-state index contributed by atoms with van der Waals surface area (Å²) in [5, 5.41) is 3.17. The van der Waals surface area contributed by atoms with Crippen LogP contribution in [-0.2, 0) is 0 Å².